The minimum Gasteiger partial charge on any atom is -0.481 e. The molecule has 0 aliphatic carbocycles. The second kappa shape index (κ2) is 7.26. The summed E-state index contributed by atoms with van der Waals surface area (Å²) in [4.78, 5) is 8.41. The lowest BCUT2D eigenvalue weighted by Crippen LogP contribution is -2.45. The molecular formula is C15H24N4O2. The van der Waals surface area contributed by atoms with Gasteiger partial charge in [0.2, 0.25) is 5.88 Å². The summed E-state index contributed by atoms with van der Waals surface area (Å²) in [6.07, 6.45) is 3.91. The highest BCUT2D eigenvalue weighted by Crippen LogP contribution is 2.23. The number of rotatable bonds is 5. The van der Waals surface area contributed by atoms with Crippen molar-refractivity contribution in [1.82, 2.24) is 15.6 Å². The highest BCUT2D eigenvalue weighted by Gasteiger charge is 2.29. The largest absolute Gasteiger partial charge is 0.481 e. The summed E-state index contributed by atoms with van der Waals surface area (Å²) >= 11 is 0. The third-order valence-electron chi connectivity index (χ3n) is 3.64. The first-order valence-corrected chi connectivity index (χ1v) is 7.23. The van der Waals surface area contributed by atoms with Gasteiger partial charge in [-0.1, -0.05) is 6.07 Å². The van der Waals surface area contributed by atoms with E-state index in [0.717, 1.165) is 37.5 Å². The van der Waals surface area contributed by atoms with E-state index >= 15 is 0 Å². The van der Waals surface area contributed by atoms with Crippen LogP contribution < -0.4 is 15.4 Å². The lowest BCUT2D eigenvalue weighted by Gasteiger charge is -2.24. The molecule has 1 aromatic heterocycles. The fraction of sp³-hybridized carbons (Fsp3) is 0.600. The standard InChI is InChI=1S/C15H24N4O2/c1-15(7-5-9-21-15)11-19-14(16-2)18-10-12-6-4-8-17-13(12)20-3/h4,6,8H,5,7,9-11H2,1-3H3,(H2,16,18,19). The van der Waals surface area contributed by atoms with Gasteiger partial charge in [-0.05, 0) is 25.8 Å². The van der Waals surface area contributed by atoms with Gasteiger partial charge < -0.3 is 20.1 Å². The normalized spacial score (nSPS) is 22.1. The van der Waals surface area contributed by atoms with E-state index in [1.54, 1.807) is 20.4 Å². The van der Waals surface area contributed by atoms with Gasteiger partial charge in [0.25, 0.3) is 0 Å². The average molecular weight is 292 g/mol. The Morgan fingerprint density at radius 3 is 3.05 bits per heavy atom. The van der Waals surface area contributed by atoms with Crippen molar-refractivity contribution in [3.05, 3.63) is 23.9 Å². The van der Waals surface area contributed by atoms with Gasteiger partial charge >= 0.3 is 0 Å². The lowest BCUT2D eigenvalue weighted by atomic mass is 10.0. The van der Waals surface area contributed by atoms with Crippen molar-refractivity contribution in [3.63, 3.8) is 0 Å². The number of aromatic nitrogens is 1. The molecule has 0 saturated carbocycles. The molecule has 1 atom stereocenters. The van der Waals surface area contributed by atoms with Crippen LogP contribution >= 0.6 is 0 Å². The maximum absolute atomic E-state index is 5.76. The van der Waals surface area contributed by atoms with Crippen LogP contribution in [-0.2, 0) is 11.3 Å². The van der Waals surface area contributed by atoms with E-state index in [0.29, 0.717) is 12.4 Å². The molecule has 116 valence electrons. The van der Waals surface area contributed by atoms with Gasteiger partial charge in [0, 0.05) is 38.5 Å². The minimum atomic E-state index is -0.0936. The van der Waals surface area contributed by atoms with Crippen molar-refractivity contribution < 1.29 is 9.47 Å². The van der Waals surface area contributed by atoms with Crippen LogP contribution in [0.3, 0.4) is 0 Å². The summed E-state index contributed by atoms with van der Waals surface area (Å²) < 4.78 is 11.0. The second-order valence-electron chi connectivity index (χ2n) is 5.35. The Labute approximate surface area is 126 Å². The van der Waals surface area contributed by atoms with Crippen LogP contribution in [0.1, 0.15) is 25.3 Å². The molecule has 6 nitrogen and oxygen atoms in total. The average Bonchev–Trinajstić information content (AvgIpc) is 2.95. The maximum Gasteiger partial charge on any atom is 0.218 e. The van der Waals surface area contributed by atoms with Crippen molar-refractivity contribution in [2.24, 2.45) is 4.99 Å². The predicted molar refractivity (Wildman–Crippen MR) is 82.6 cm³/mol. The Balaban J connectivity index is 1.85. The van der Waals surface area contributed by atoms with E-state index in [4.69, 9.17) is 9.47 Å². The highest BCUT2D eigenvalue weighted by atomic mass is 16.5. The molecule has 0 radical (unpaired) electrons. The first-order valence-electron chi connectivity index (χ1n) is 7.23. The van der Waals surface area contributed by atoms with Crippen molar-refractivity contribution in [2.75, 3.05) is 27.3 Å². The van der Waals surface area contributed by atoms with E-state index < -0.39 is 0 Å². The molecule has 0 amide bonds. The molecule has 1 aliphatic rings. The fourth-order valence-electron chi connectivity index (χ4n) is 2.39. The number of nitrogens with zero attached hydrogens (tertiary/aromatic N) is 2. The summed E-state index contributed by atoms with van der Waals surface area (Å²) in [7, 11) is 3.38. The Bertz CT molecular complexity index is 484. The van der Waals surface area contributed by atoms with E-state index in [1.807, 2.05) is 12.1 Å². The first-order chi connectivity index (χ1) is 10.2. The number of nitrogens with one attached hydrogen (secondary N) is 2. The number of ether oxygens (including phenoxy) is 2. The number of hydrogen-bond donors (Lipinski definition) is 2. The zero-order valence-electron chi connectivity index (χ0n) is 13.0. The molecule has 1 aliphatic heterocycles. The second-order valence-corrected chi connectivity index (χ2v) is 5.35. The van der Waals surface area contributed by atoms with Crippen molar-refractivity contribution in [2.45, 2.75) is 31.9 Å². The van der Waals surface area contributed by atoms with Gasteiger partial charge in [-0.3, -0.25) is 4.99 Å². The van der Waals surface area contributed by atoms with Crippen LogP contribution in [0.5, 0.6) is 5.88 Å². The monoisotopic (exact) mass is 292 g/mol. The molecule has 2 heterocycles. The first kappa shape index (κ1) is 15.6. The molecule has 1 fully saturated rings. The molecule has 2 rings (SSSR count). The minimum absolute atomic E-state index is 0.0936. The molecule has 21 heavy (non-hydrogen) atoms. The predicted octanol–water partition coefficient (Wildman–Crippen LogP) is 1.32. The fourth-order valence-corrected chi connectivity index (χ4v) is 2.39. The van der Waals surface area contributed by atoms with Gasteiger partial charge in [0.15, 0.2) is 5.96 Å². The topological polar surface area (TPSA) is 67.8 Å². The number of hydrogen-bond acceptors (Lipinski definition) is 4. The van der Waals surface area contributed by atoms with Gasteiger partial charge in [-0.25, -0.2) is 4.98 Å². The Hall–Kier alpha value is -1.82. The summed E-state index contributed by atoms with van der Waals surface area (Å²) in [5.41, 5.74) is 0.898. The molecule has 0 aromatic carbocycles. The molecule has 0 spiro atoms. The number of pyridine rings is 1. The molecule has 1 aromatic rings. The SMILES string of the molecule is CN=C(NCc1cccnc1OC)NCC1(C)CCCO1. The Morgan fingerprint density at radius 2 is 2.38 bits per heavy atom. The van der Waals surface area contributed by atoms with Gasteiger partial charge in [-0.15, -0.1) is 0 Å². The molecule has 0 bridgehead atoms. The zero-order valence-corrected chi connectivity index (χ0v) is 13.0. The van der Waals surface area contributed by atoms with Crippen molar-refractivity contribution in [1.29, 1.82) is 0 Å². The summed E-state index contributed by atoms with van der Waals surface area (Å²) in [6.45, 7) is 4.33. The molecule has 6 heteroatoms. The van der Waals surface area contributed by atoms with Crippen LogP contribution in [0.4, 0.5) is 0 Å². The van der Waals surface area contributed by atoms with Crippen molar-refractivity contribution in [3.8, 4) is 5.88 Å². The zero-order chi connectivity index (χ0) is 15.1. The Morgan fingerprint density at radius 1 is 1.52 bits per heavy atom. The smallest absolute Gasteiger partial charge is 0.218 e. The number of aliphatic imine (C=N–C) groups is 1. The molecule has 2 N–H and O–H groups in total. The van der Waals surface area contributed by atoms with Gasteiger partial charge in [0.1, 0.15) is 0 Å². The molecule has 1 saturated heterocycles. The third kappa shape index (κ3) is 4.32. The highest BCUT2D eigenvalue weighted by molar-refractivity contribution is 5.79. The number of guanidine groups is 1. The summed E-state index contributed by atoms with van der Waals surface area (Å²) in [5.74, 6) is 1.38. The van der Waals surface area contributed by atoms with Crippen LogP contribution in [0, 0.1) is 0 Å². The van der Waals surface area contributed by atoms with Crippen LogP contribution in [0.2, 0.25) is 0 Å². The van der Waals surface area contributed by atoms with Crippen LogP contribution in [0.15, 0.2) is 23.3 Å². The molecular weight excluding hydrogens is 268 g/mol. The van der Waals surface area contributed by atoms with Gasteiger partial charge in [-0.2, -0.15) is 0 Å². The summed E-state index contributed by atoms with van der Waals surface area (Å²) in [6, 6.07) is 3.87. The van der Waals surface area contributed by atoms with Crippen LogP contribution in [0.25, 0.3) is 0 Å². The van der Waals surface area contributed by atoms with E-state index in [-0.39, 0.29) is 5.60 Å². The Kier molecular flexibility index (Phi) is 5.38. The van der Waals surface area contributed by atoms with E-state index in [9.17, 15) is 0 Å². The third-order valence-corrected chi connectivity index (χ3v) is 3.64. The van der Waals surface area contributed by atoms with E-state index in [1.165, 1.54) is 0 Å². The quantitative estimate of drug-likeness (QED) is 0.633. The maximum atomic E-state index is 5.76. The summed E-state index contributed by atoms with van der Waals surface area (Å²) in [5, 5.41) is 6.58. The van der Waals surface area contributed by atoms with E-state index in [2.05, 4.69) is 27.5 Å². The van der Waals surface area contributed by atoms with Crippen LogP contribution in [-0.4, -0.2) is 43.9 Å². The van der Waals surface area contributed by atoms with Gasteiger partial charge in [0.05, 0.1) is 12.7 Å². The van der Waals surface area contributed by atoms with Crippen molar-refractivity contribution >= 4 is 5.96 Å². The molecule has 1 unspecified atom stereocenters. The lowest BCUT2D eigenvalue weighted by molar-refractivity contribution is 0.0243. The number of methoxy groups -OCH3 is 1.